The molecule has 0 spiro atoms. The lowest BCUT2D eigenvalue weighted by atomic mass is 9.99. The molecule has 0 saturated carbocycles. The van der Waals surface area contributed by atoms with Crippen molar-refractivity contribution >= 4 is 5.97 Å². The molecule has 63 heavy (non-hydrogen) atoms. The SMILES string of the molecule is CC/C=C\C/C=C\C/C=C\C/C=C\C/C=C\C/C=C\C/C=C\CCCCOCC(COC1OC(CO)C(O)C(O)C1O)OC(=O)CCCCCCC/C=C\C/C=C\CCCCCC. The zero-order valence-corrected chi connectivity index (χ0v) is 39.3. The summed E-state index contributed by atoms with van der Waals surface area (Å²) < 4.78 is 22.8. The average molecular weight is 881 g/mol. The van der Waals surface area contributed by atoms with Crippen LogP contribution in [-0.2, 0) is 23.7 Å². The molecule has 1 aliphatic rings. The van der Waals surface area contributed by atoms with Crippen molar-refractivity contribution in [3.8, 4) is 0 Å². The molecule has 0 radical (unpaired) electrons. The molecule has 0 aliphatic carbocycles. The van der Waals surface area contributed by atoms with Gasteiger partial charge in [0.2, 0.25) is 0 Å². The van der Waals surface area contributed by atoms with Crippen molar-refractivity contribution < 1.29 is 44.2 Å². The molecule has 9 nitrogen and oxygen atoms in total. The lowest BCUT2D eigenvalue weighted by Crippen LogP contribution is -2.59. The maximum atomic E-state index is 12.8. The summed E-state index contributed by atoms with van der Waals surface area (Å²) in [6.07, 6.45) is 55.5. The first-order valence-electron chi connectivity index (χ1n) is 24.5. The fourth-order valence-electron chi connectivity index (χ4n) is 6.62. The Morgan fingerprint density at radius 2 is 0.968 bits per heavy atom. The van der Waals surface area contributed by atoms with Crippen LogP contribution in [0.3, 0.4) is 0 Å². The molecular formula is C54H88O9. The maximum absolute atomic E-state index is 12.8. The molecule has 0 aromatic carbocycles. The molecule has 6 atom stereocenters. The third-order valence-electron chi connectivity index (χ3n) is 10.4. The lowest BCUT2D eigenvalue weighted by Gasteiger charge is -2.39. The van der Waals surface area contributed by atoms with E-state index in [9.17, 15) is 25.2 Å². The number of hydrogen-bond donors (Lipinski definition) is 4. The molecule has 1 fully saturated rings. The van der Waals surface area contributed by atoms with Crippen LogP contribution in [0, 0.1) is 0 Å². The Bertz CT molecular complexity index is 1320. The van der Waals surface area contributed by atoms with E-state index in [2.05, 4.69) is 123 Å². The molecule has 1 saturated heterocycles. The highest BCUT2D eigenvalue weighted by molar-refractivity contribution is 5.69. The number of rotatable bonds is 40. The van der Waals surface area contributed by atoms with E-state index in [-0.39, 0.29) is 25.6 Å². The van der Waals surface area contributed by atoms with Gasteiger partial charge in [0.1, 0.15) is 30.5 Å². The van der Waals surface area contributed by atoms with Gasteiger partial charge in [0.15, 0.2) is 6.29 Å². The number of unbranched alkanes of at least 4 members (excludes halogenated alkanes) is 11. The summed E-state index contributed by atoms with van der Waals surface area (Å²) in [7, 11) is 0. The Balaban J connectivity index is 2.30. The minimum Gasteiger partial charge on any atom is -0.457 e. The van der Waals surface area contributed by atoms with E-state index in [4.69, 9.17) is 18.9 Å². The summed E-state index contributed by atoms with van der Waals surface area (Å²) in [6, 6.07) is 0. The molecular weight excluding hydrogens is 793 g/mol. The molecule has 0 amide bonds. The predicted molar refractivity (Wildman–Crippen MR) is 260 cm³/mol. The van der Waals surface area contributed by atoms with Crippen molar-refractivity contribution in [2.45, 2.75) is 198 Å². The van der Waals surface area contributed by atoms with Gasteiger partial charge in [-0.2, -0.15) is 0 Å². The van der Waals surface area contributed by atoms with Crippen molar-refractivity contribution in [1.29, 1.82) is 0 Å². The molecule has 6 unspecified atom stereocenters. The zero-order chi connectivity index (χ0) is 45.7. The highest BCUT2D eigenvalue weighted by Crippen LogP contribution is 2.22. The molecule has 4 N–H and O–H groups in total. The predicted octanol–water partition coefficient (Wildman–Crippen LogP) is 11.7. The summed E-state index contributed by atoms with van der Waals surface area (Å²) in [5, 5.41) is 40.2. The largest absolute Gasteiger partial charge is 0.457 e. The smallest absolute Gasteiger partial charge is 0.306 e. The van der Waals surface area contributed by atoms with Gasteiger partial charge in [0.25, 0.3) is 0 Å². The van der Waals surface area contributed by atoms with Gasteiger partial charge in [-0.15, -0.1) is 0 Å². The van der Waals surface area contributed by atoms with Crippen molar-refractivity contribution in [1.82, 2.24) is 0 Å². The van der Waals surface area contributed by atoms with Gasteiger partial charge < -0.3 is 39.4 Å². The summed E-state index contributed by atoms with van der Waals surface area (Å²) >= 11 is 0. The van der Waals surface area contributed by atoms with Crippen LogP contribution in [0.1, 0.15) is 162 Å². The molecule has 1 aliphatic heterocycles. The maximum Gasteiger partial charge on any atom is 0.306 e. The van der Waals surface area contributed by atoms with Gasteiger partial charge in [-0.1, -0.05) is 162 Å². The first-order valence-corrected chi connectivity index (χ1v) is 24.5. The molecule has 0 bridgehead atoms. The van der Waals surface area contributed by atoms with Gasteiger partial charge in [-0.25, -0.2) is 0 Å². The van der Waals surface area contributed by atoms with Crippen LogP contribution >= 0.6 is 0 Å². The van der Waals surface area contributed by atoms with Crippen molar-refractivity contribution in [2.75, 3.05) is 26.4 Å². The summed E-state index contributed by atoms with van der Waals surface area (Å²) in [5.41, 5.74) is 0. The number of carbonyl (C=O) groups is 1. The third kappa shape index (κ3) is 34.9. The second-order valence-corrected chi connectivity index (χ2v) is 16.2. The minimum atomic E-state index is -1.55. The Labute approximate surface area is 383 Å². The average Bonchev–Trinajstić information content (AvgIpc) is 3.28. The van der Waals surface area contributed by atoms with Crippen LogP contribution in [0.5, 0.6) is 0 Å². The number of allylic oxidation sites excluding steroid dienone is 18. The molecule has 1 rings (SSSR count). The third-order valence-corrected chi connectivity index (χ3v) is 10.4. The molecule has 0 aromatic heterocycles. The zero-order valence-electron chi connectivity index (χ0n) is 39.3. The van der Waals surface area contributed by atoms with Crippen LogP contribution in [-0.4, -0.2) is 89.6 Å². The number of aliphatic hydroxyl groups is 4. The Morgan fingerprint density at radius 1 is 0.524 bits per heavy atom. The minimum absolute atomic E-state index is 0.101. The fraction of sp³-hybridized carbons (Fsp3) is 0.648. The van der Waals surface area contributed by atoms with Crippen LogP contribution in [0.25, 0.3) is 0 Å². The highest BCUT2D eigenvalue weighted by atomic mass is 16.7. The van der Waals surface area contributed by atoms with Gasteiger partial charge >= 0.3 is 5.97 Å². The number of carbonyl (C=O) groups excluding carboxylic acids is 1. The van der Waals surface area contributed by atoms with Crippen molar-refractivity contribution in [3.63, 3.8) is 0 Å². The fourth-order valence-corrected chi connectivity index (χ4v) is 6.62. The second kappa shape index (κ2) is 44.1. The monoisotopic (exact) mass is 881 g/mol. The highest BCUT2D eigenvalue weighted by Gasteiger charge is 2.44. The number of aliphatic hydroxyl groups excluding tert-OH is 4. The van der Waals surface area contributed by atoms with Gasteiger partial charge in [-0.3, -0.25) is 4.79 Å². The van der Waals surface area contributed by atoms with E-state index in [0.717, 1.165) is 109 Å². The van der Waals surface area contributed by atoms with Crippen LogP contribution < -0.4 is 0 Å². The van der Waals surface area contributed by atoms with E-state index in [1.807, 2.05) is 0 Å². The second-order valence-electron chi connectivity index (χ2n) is 16.2. The quantitative estimate of drug-likeness (QED) is 0.0269. The normalized spacial score (nSPS) is 20.6. The molecule has 0 aromatic rings. The molecule has 1 heterocycles. The summed E-state index contributed by atoms with van der Waals surface area (Å²) in [4.78, 5) is 12.8. The Kier molecular flexibility index (Phi) is 40.5. The Hall–Kier alpha value is -3.15. The van der Waals surface area contributed by atoms with E-state index < -0.39 is 43.4 Å². The topological polar surface area (TPSA) is 135 Å². The number of esters is 1. The van der Waals surface area contributed by atoms with E-state index in [1.54, 1.807) is 0 Å². The van der Waals surface area contributed by atoms with Gasteiger partial charge in [-0.05, 0) is 103 Å². The molecule has 9 heteroatoms. The van der Waals surface area contributed by atoms with E-state index >= 15 is 0 Å². The van der Waals surface area contributed by atoms with Gasteiger partial charge in [0.05, 0.1) is 19.8 Å². The van der Waals surface area contributed by atoms with Crippen molar-refractivity contribution in [2.24, 2.45) is 0 Å². The lowest BCUT2D eigenvalue weighted by molar-refractivity contribution is -0.305. The Morgan fingerprint density at radius 3 is 1.46 bits per heavy atom. The van der Waals surface area contributed by atoms with Crippen molar-refractivity contribution in [3.05, 3.63) is 109 Å². The summed E-state index contributed by atoms with van der Waals surface area (Å²) in [6.45, 7) is 4.27. The van der Waals surface area contributed by atoms with Gasteiger partial charge in [0, 0.05) is 13.0 Å². The number of hydrogen-bond acceptors (Lipinski definition) is 9. The standard InChI is InChI=1S/C54H88O9/c1-3-5-7-9-11-13-15-17-19-21-22-23-24-25-26-27-28-30-32-34-36-38-40-42-44-60-46-48(47-61-54-53(59)52(58)51(57)49(45-55)63-54)62-50(56)43-41-39-37-35-33-31-29-20-18-16-14-12-10-8-6-4-2/h5,7,11,13-14,16-17,19-20,22-23,25-26,28-30,34,36,48-49,51-55,57-59H,3-4,6,8-10,12,15,18,21,24,27,31-33,35,37-47H2,1-2H3/b7-5-,13-11-,16-14-,19-17-,23-22-,26-25-,29-20-,30-28-,36-34-. The van der Waals surface area contributed by atoms with Crippen LogP contribution in [0.4, 0.5) is 0 Å². The first kappa shape index (κ1) is 57.9. The van der Waals surface area contributed by atoms with Crippen LogP contribution in [0.2, 0.25) is 0 Å². The number of ether oxygens (including phenoxy) is 4. The first-order chi connectivity index (χ1) is 30.9. The van der Waals surface area contributed by atoms with E-state index in [0.29, 0.717) is 6.61 Å². The van der Waals surface area contributed by atoms with Crippen LogP contribution in [0.15, 0.2) is 109 Å². The van der Waals surface area contributed by atoms with E-state index in [1.165, 1.54) is 32.1 Å². The summed E-state index contributed by atoms with van der Waals surface area (Å²) in [5.74, 6) is -0.348. The molecule has 358 valence electrons.